The van der Waals surface area contributed by atoms with Crippen molar-refractivity contribution in [1.29, 1.82) is 0 Å². The lowest BCUT2D eigenvalue weighted by Crippen LogP contribution is -2.50. The molecule has 2 unspecified atom stereocenters. The van der Waals surface area contributed by atoms with Gasteiger partial charge in [0.15, 0.2) is 5.82 Å². The van der Waals surface area contributed by atoms with E-state index >= 15 is 0 Å². The summed E-state index contributed by atoms with van der Waals surface area (Å²) in [5, 5.41) is 3.49. The fourth-order valence-electron chi connectivity index (χ4n) is 3.64. The minimum absolute atomic E-state index is 0. The van der Waals surface area contributed by atoms with E-state index in [2.05, 4.69) is 15.2 Å². The van der Waals surface area contributed by atoms with Crippen LogP contribution in [0.5, 0.6) is 0 Å². The van der Waals surface area contributed by atoms with E-state index < -0.39 is 0 Å². The lowest BCUT2D eigenvalue weighted by Gasteiger charge is -2.37. The van der Waals surface area contributed by atoms with Crippen LogP contribution in [0.2, 0.25) is 0 Å². The number of aromatic nitrogens is 2. The molecule has 0 amide bonds. The molecular formula is C17H30ClN5O2. The Hall–Kier alpha value is -1.15. The van der Waals surface area contributed by atoms with Crippen LogP contribution in [0.15, 0.2) is 17.2 Å². The summed E-state index contributed by atoms with van der Waals surface area (Å²) in [6, 6.07) is 0. The zero-order valence-electron chi connectivity index (χ0n) is 15.2. The summed E-state index contributed by atoms with van der Waals surface area (Å²) in [5.41, 5.74) is -0.0686. The molecule has 2 saturated heterocycles. The van der Waals surface area contributed by atoms with Gasteiger partial charge in [-0.3, -0.25) is 9.69 Å². The van der Waals surface area contributed by atoms with E-state index in [9.17, 15) is 4.79 Å². The molecule has 0 aromatic carbocycles. The molecule has 1 aromatic heterocycles. The van der Waals surface area contributed by atoms with Crippen LogP contribution in [0.25, 0.3) is 0 Å². The molecule has 142 valence electrons. The van der Waals surface area contributed by atoms with E-state index in [1.165, 1.54) is 12.8 Å². The maximum atomic E-state index is 12.2. The number of hydrogen-bond acceptors (Lipinski definition) is 6. The standard InChI is InChI=1S/C17H29N5O2.ClH/c1-20-7-6-19-16(17(20)23)21(2)12-15-13-22(8-9-24-15)11-14-4-3-5-18-10-14;/h6-7,14-15,18H,3-5,8-13H2,1-2H3;1H. The van der Waals surface area contributed by atoms with E-state index in [1.807, 2.05) is 11.9 Å². The molecule has 0 radical (unpaired) electrons. The normalized spacial score (nSPS) is 24.6. The Morgan fingerprint density at radius 1 is 1.48 bits per heavy atom. The van der Waals surface area contributed by atoms with Gasteiger partial charge in [-0.15, -0.1) is 12.4 Å². The van der Waals surface area contributed by atoms with Crippen molar-refractivity contribution < 1.29 is 4.74 Å². The highest BCUT2D eigenvalue weighted by Crippen LogP contribution is 2.15. The number of hydrogen-bond donors (Lipinski definition) is 1. The number of piperidine rings is 1. The second-order valence-corrected chi connectivity index (χ2v) is 7.01. The molecule has 2 fully saturated rings. The highest BCUT2D eigenvalue weighted by Gasteiger charge is 2.25. The molecule has 0 saturated carbocycles. The molecular weight excluding hydrogens is 342 g/mol. The fraction of sp³-hybridized carbons (Fsp3) is 0.765. The summed E-state index contributed by atoms with van der Waals surface area (Å²) in [7, 11) is 3.66. The number of halogens is 1. The third-order valence-electron chi connectivity index (χ3n) is 4.98. The monoisotopic (exact) mass is 371 g/mol. The Morgan fingerprint density at radius 3 is 3.08 bits per heavy atom. The first kappa shape index (κ1) is 20.2. The number of morpholine rings is 1. The van der Waals surface area contributed by atoms with Crippen molar-refractivity contribution in [1.82, 2.24) is 19.8 Å². The highest BCUT2D eigenvalue weighted by atomic mass is 35.5. The summed E-state index contributed by atoms with van der Waals surface area (Å²) in [6.07, 6.45) is 6.06. The topological polar surface area (TPSA) is 62.6 Å². The molecule has 25 heavy (non-hydrogen) atoms. The largest absolute Gasteiger partial charge is 0.374 e. The summed E-state index contributed by atoms with van der Waals surface area (Å²) in [4.78, 5) is 20.8. The number of aryl methyl sites for hydroxylation is 1. The Morgan fingerprint density at radius 2 is 2.32 bits per heavy atom. The van der Waals surface area contributed by atoms with Gasteiger partial charge in [0, 0.05) is 52.7 Å². The average molecular weight is 372 g/mol. The number of nitrogens with one attached hydrogen (secondary N) is 1. The molecule has 2 atom stereocenters. The first-order valence-corrected chi connectivity index (χ1v) is 8.91. The molecule has 1 aromatic rings. The Kier molecular flexibility index (Phi) is 7.68. The first-order valence-electron chi connectivity index (χ1n) is 8.91. The van der Waals surface area contributed by atoms with Gasteiger partial charge in [0.25, 0.3) is 5.56 Å². The summed E-state index contributed by atoms with van der Waals surface area (Å²) >= 11 is 0. The average Bonchev–Trinajstić information content (AvgIpc) is 2.58. The van der Waals surface area contributed by atoms with Gasteiger partial charge in [-0.1, -0.05) is 0 Å². The highest BCUT2D eigenvalue weighted by molar-refractivity contribution is 5.85. The van der Waals surface area contributed by atoms with Crippen LogP contribution in [0, 0.1) is 5.92 Å². The van der Waals surface area contributed by atoms with Crippen molar-refractivity contribution in [2.24, 2.45) is 13.0 Å². The van der Waals surface area contributed by atoms with Gasteiger partial charge in [-0.2, -0.15) is 0 Å². The molecule has 7 nitrogen and oxygen atoms in total. The van der Waals surface area contributed by atoms with E-state index in [4.69, 9.17) is 4.74 Å². The van der Waals surface area contributed by atoms with E-state index in [0.717, 1.165) is 45.2 Å². The Bertz CT molecular complexity index is 591. The van der Waals surface area contributed by atoms with Gasteiger partial charge < -0.3 is 19.5 Å². The number of likely N-dealkylation sites (N-methyl/N-ethyl adjacent to an activating group) is 1. The number of anilines is 1. The lowest BCUT2D eigenvalue weighted by atomic mass is 9.99. The quantitative estimate of drug-likeness (QED) is 0.805. The number of nitrogens with zero attached hydrogens (tertiary/aromatic N) is 4. The SMILES string of the molecule is CN(CC1CN(CC2CCCNC2)CCO1)c1nccn(C)c1=O.Cl. The number of rotatable bonds is 5. The Labute approximate surface area is 155 Å². The van der Waals surface area contributed by atoms with Crippen molar-refractivity contribution in [3.05, 3.63) is 22.7 Å². The molecule has 3 rings (SSSR count). The van der Waals surface area contributed by atoms with Crippen molar-refractivity contribution in [3.8, 4) is 0 Å². The fourth-order valence-corrected chi connectivity index (χ4v) is 3.64. The van der Waals surface area contributed by atoms with Crippen LogP contribution >= 0.6 is 12.4 Å². The second kappa shape index (κ2) is 9.52. The summed E-state index contributed by atoms with van der Waals surface area (Å²) < 4.78 is 7.48. The molecule has 0 aliphatic carbocycles. The van der Waals surface area contributed by atoms with E-state index in [1.54, 1.807) is 24.0 Å². The molecule has 2 aliphatic heterocycles. The minimum Gasteiger partial charge on any atom is -0.374 e. The van der Waals surface area contributed by atoms with Gasteiger partial charge in [0.2, 0.25) is 0 Å². The van der Waals surface area contributed by atoms with Gasteiger partial charge in [-0.25, -0.2) is 4.98 Å². The van der Waals surface area contributed by atoms with Gasteiger partial charge >= 0.3 is 0 Å². The molecule has 1 N–H and O–H groups in total. The van der Waals surface area contributed by atoms with E-state index in [0.29, 0.717) is 12.4 Å². The van der Waals surface area contributed by atoms with Crippen LogP contribution in [-0.2, 0) is 11.8 Å². The smallest absolute Gasteiger partial charge is 0.293 e. The molecule has 3 heterocycles. The summed E-state index contributed by atoms with van der Waals surface area (Å²) in [6.45, 7) is 6.81. The second-order valence-electron chi connectivity index (χ2n) is 7.01. The maximum Gasteiger partial charge on any atom is 0.293 e. The van der Waals surface area contributed by atoms with Crippen molar-refractivity contribution in [2.75, 3.05) is 57.8 Å². The van der Waals surface area contributed by atoms with Crippen molar-refractivity contribution >= 4 is 18.2 Å². The molecule has 2 aliphatic rings. The zero-order valence-corrected chi connectivity index (χ0v) is 16.0. The minimum atomic E-state index is -0.0686. The third-order valence-corrected chi connectivity index (χ3v) is 4.98. The maximum absolute atomic E-state index is 12.2. The predicted octanol–water partition coefficient (Wildman–Crippen LogP) is 0.339. The van der Waals surface area contributed by atoms with Crippen LogP contribution in [0.4, 0.5) is 5.82 Å². The van der Waals surface area contributed by atoms with Crippen LogP contribution in [0.1, 0.15) is 12.8 Å². The van der Waals surface area contributed by atoms with Crippen molar-refractivity contribution in [2.45, 2.75) is 18.9 Å². The molecule has 0 spiro atoms. The molecule has 8 heteroatoms. The predicted molar refractivity (Wildman–Crippen MR) is 102 cm³/mol. The van der Waals surface area contributed by atoms with Crippen molar-refractivity contribution in [3.63, 3.8) is 0 Å². The number of ether oxygens (including phenoxy) is 1. The van der Waals surface area contributed by atoms with Gasteiger partial charge in [0.05, 0.1) is 12.7 Å². The summed E-state index contributed by atoms with van der Waals surface area (Å²) in [5.74, 6) is 1.23. The van der Waals surface area contributed by atoms with Gasteiger partial charge in [0.1, 0.15) is 0 Å². The van der Waals surface area contributed by atoms with Crippen LogP contribution in [0.3, 0.4) is 0 Å². The molecule has 0 bridgehead atoms. The lowest BCUT2D eigenvalue weighted by molar-refractivity contribution is -0.0291. The zero-order chi connectivity index (χ0) is 16.9. The van der Waals surface area contributed by atoms with Crippen LogP contribution < -0.4 is 15.8 Å². The van der Waals surface area contributed by atoms with Gasteiger partial charge in [-0.05, 0) is 31.8 Å². The third kappa shape index (κ3) is 5.41. The Balaban J connectivity index is 0.00000225. The van der Waals surface area contributed by atoms with Crippen LogP contribution in [-0.4, -0.2) is 73.5 Å². The first-order chi connectivity index (χ1) is 11.6. The van der Waals surface area contributed by atoms with E-state index in [-0.39, 0.29) is 24.1 Å².